The molecule has 0 radical (unpaired) electrons. The zero-order valence-electron chi connectivity index (χ0n) is 16.0. The van der Waals surface area contributed by atoms with E-state index in [2.05, 4.69) is 15.5 Å². The summed E-state index contributed by atoms with van der Waals surface area (Å²) >= 11 is 5.98. The maximum Gasteiger partial charge on any atom is 0.347 e. The summed E-state index contributed by atoms with van der Waals surface area (Å²) in [5.74, 6) is -1.71. The van der Waals surface area contributed by atoms with E-state index in [0.717, 1.165) is 48.1 Å². The number of amides is 1. The van der Waals surface area contributed by atoms with Gasteiger partial charge in [-0.2, -0.15) is 0 Å². The van der Waals surface area contributed by atoms with Crippen LogP contribution in [0, 0.1) is 0 Å². The summed E-state index contributed by atoms with van der Waals surface area (Å²) < 4.78 is 0. The molecule has 8 nitrogen and oxygen atoms in total. The molecule has 0 saturated carbocycles. The van der Waals surface area contributed by atoms with Crippen LogP contribution in [-0.4, -0.2) is 45.5 Å². The molecule has 2 aromatic rings. The summed E-state index contributed by atoms with van der Waals surface area (Å²) in [6.45, 7) is -0.371. The summed E-state index contributed by atoms with van der Waals surface area (Å²) in [6, 6.07) is 5.44. The number of nitrogens with one attached hydrogen (secondary N) is 1. The number of pyridine rings is 1. The van der Waals surface area contributed by atoms with Crippen molar-refractivity contribution in [1.29, 1.82) is 0 Å². The number of anilines is 1. The predicted molar refractivity (Wildman–Crippen MR) is 111 cm³/mol. The second-order valence-electron chi connectivity index (χ2n) is 7.21. The van der Waals surface area contributed by atoms with Gasteiger partial charge in [-0.05, 0) is 55.0 Å². The van der Waals surface area contributed by atoms with E-state index >= 15 is 0 Å². The van der Waals surface area contributed by atoms with Crippen molar-refractivity contribution >= 4 is 34.9 Å². The monoisotopic (exact) mass is 429 g/mol. The highest BCUT2D eigenvalue weighted by atomic mass is 35.5. The average molecular weight is 430 g/mol. The molecule has 1 atom stereocenters. The largest absolute Gasteiger partial charge is 0.478 e. The summed E-state index contributed by atoms with van der Waals surface area (Å²) in [6.07, 6.45) is 3.85. The average Bonchev–Trinajstić information content (AvgIpc) is 3.06. The van der Waals surface area contributed by atoms with Gasteiger partial charge in [0.2, 0.25) is 6.10 Å². The third-order valence-corrected chi connectivity index (χ3v) is 5.53. The quantitative estimate of drug-likeness (QED) is 0.607. The number of nitrogens with zero attached hydrogens (tertiary/aromatic N) is 2. The second-order valence-corrected chi connectivity index (χ2v) is 7.65. The van der Waals surface area contributed by atoms with Crippen molar-refractivity contribution in [2.24, 2.45) is 5.16 Å². The number of aliphatic carboxylic acids is 1. The van der Waals surface area contributed by atoms with Crippen molar-refractivity contribution in [3.63, 3.8) is 0 Å². The Kier molecular flexibility index (Phi) is 5.69. The van der Waals surface area contributed by atoms with Gasteiger partial charge < -0.3 is 20.4 Å². The van der Waals surface area contributed by atoms with Crippen LogP contribution < -0.4 is 5.32 Å². The van der Waals surface area contributed by atoms with Gasteiger partial charge >= 0.3 is 5.97 Å². The van der Waals surface area contributed by atoms with E-state index < -0.39 is 18.0 Å². The first-order chi connectivity index (χ1) is 14.5. The molecular formula is C21H20ClN3O5. The van der Waals surface area contributed by atoms with Crippen LogP contribution in [0.5, 0.6) is 0 Å². The highest BCUT2D eigenvalue weighted by Gasteiger charge is 2.33. The Hall–Kier alpha value is -2.97. The van der Waals surface area contributed by atoms with Crippen LogP contribution in [0.15, 0.2) is 29.6 Å². The molecule has 1 aliphatic carbocycles. The van der Waals surface area contributed by atoms with E-state index in [1.54, 1.807) is 12.3 Å². The fourth-order valence-corrected chi connectivity index (χ4v) is 3.99. The van der Waals surface area contributed by atoms with Crippen LogP contribution in [-0.2, 0) is 27.3 Å². The Labute approximate surface area is 177 Å². The Morgan fingerprint density at radius 2 is 2.03 bits per heavy atom. The SMILES string of the molecule is O=C1Nc2c(cc(-c3ccc(Cl)cn3)c3c2CCCC3)/C1=N/OC(CCO)C(=O)O. The maximum atomic E-state index is 12.6. The van der Waals surface area contributed by atoms with Crippen LogP contribution in [0.2, 0.25) is 5.02 Å². The molecule has 2 aliphatic rings. The normalized spacial score (nSPS) is 17.3. The van der Waals surface area contributed by atoms with Crippen LogP contribution >= 0.6 is 11.6 Å². The van der Waals surface area contributed by atoms with Gasteiger partial charge in [-0.25, -0.2) is 4.79 Å². The molecular weight excluding hydrogens is 410 g/mol. The molecule has 0 spiro atoms. The van der Waals surface area contributed by atoms with E-state index in [1.165, 1.54) is 0 Å². The van der Waals surface area contributed by atoms with Gasteiger partial charge in [0.1, 0.15) is 0 Å². The lowest BCUT2D eigenvalue weighted by Crippen LogP contribution is -2.24. The van der Waals surface area contributed by atoms with Crippen molar-refractivity contribution < 1.29 is 24.6 Å². The molecule has 0 saturated heterocycles. The molecule has 1 amide bonds. The summed E-state index contributed by atoms with van der Waals surface area (Å²) in [7, 11) is 0. The van der Waals surface area contributed by atoms with Gasteiger partial charge in [0.05, 0.1) is 16.4 Å². The topological polar surface area (TPSA) is 121 Å². The highest BCUT2D eigenvalue weighted by Crippen LogP contribution is 2.40. The Bertz CT molecular complexity index is 1040. The molecule has 3 N–H and O–H groups in total. The molecule has 30 heavy (non-hydrogen) atoms. The molecule has 1 aromatic carbocycles. The van der Waals surface area contributed by atoms with Gasteiger partial charge in [0.25, 0.3) is 5.91 Å². The number of carboxylic acid groups (broad SMARTS) is 1. The smallest absolute Gasteiger partial charge is 0.347 e. The predicted octanol–water partition coefficient (Wildman–Crippen LogP) is 2.79. The fraction of sp³-hybridized carbons (Fsp3) is 0.333. The van der Waals surface area contributed by atoms with Crippen LogP contribution in [0.4, 0.5) is 5.69 Å². The number of fused-ring (bicyclic) bond motifs is 3. The third kappa shape index (κ3) is 3.76. The number of carbonyl (C=O) groups excluding carboxylic acids is 1. The lowest BCUT2D eigenvalue weighted by Gasteiger charge is -2.22. The van der Waals surface area contributed by atoms with E-state index in [-0.39, 0.29) is 18.7 Å². The van der Waals surface area contributed by atoms with E-state index in [4.69, 9.17) is 21.5 Å². The van der Waals surface area contributed by atoms with E-state index in [9.17, 15) is 14.7 Å². The molecule has 0 fully saturated rings. The van der Waals surface area contributed by atoms with E-state index in [0.29, 0.717) is 16.3 Å². The molecule has 0 bridgehead atoms. The van der Waals surface area contributed by atoms with Gasteiger partial charge in [0, 0.05) is 30.4 Å². The van der Waals surface area contributed by atoms with Crippen molar-refractivity contribution in [1.82, 2.24) is 4.98 Å². The van der Waals surface area contributed by atoms with Crippen molar-refractivity contribution in [3.8, 4) is 11.3 Å². The van der Waals surface area contributed by atoms with Crippen molar-refractivity contribution in [2.45, 2.75) is 38.2 Å². The van der Waals surface area contributed by atoms with Crippen molar-refractivity contribution in [2.75, 3.05) is 11.9 Å². The van der Waals surface area contributed by atoms with Gasteiger partial charge in [-0.3, -0.25) is 9.78 Å². The molecule has 1 unspecified atom stereocenters. The van der Waals surface area contributed by atoms with Crippen LogP contribution in [0.1, 0.15) is 36.0 Å². The summed E-state index contributed by atoms with van der Waals surface area (Å²) in [5, 5.41) is 25.4. The molecule has 4 rings (SSSR count). The number of hydrogen-bond acceptors (Lipinski definition) is 6. The number of carboxylic acids is 1. The minimum atomic E-state index is -1.34. The summed E-state index contributed by atoms with van der Waals surface area (Å²) in [4.78, 5) is 33.4. The Morgan fingerprint density at radius 3 is 2.70 bits per heavy atom. The molecule has 156 valence electrons. The number of aliphatic hydroxyl groups excluding tert-OH is 1. The molecule has 9 heteroatoms. The number of aliphatic hydroxyl groups is 1. The molecule has 1 aliphatic heterocycles. The fourth-order valence-electron chi connectivity index (χ4n) is 3.88. The first-order valence-corrected chi connectivity index (χ1v) is 10.1. The first kappa shape index (κ1) is 20.3. The maximum absolute atomic E-state index is 12.6. The summed E-state index contributed by atoms with van der Waals surface area (Å²) in [5.41, 5.74) is 5.09. The van der Waals surface area contributed by atoms with E-state index in [1.807, 2.05) is 12.1 Å². The number of benzene rings is 1. The minimum absolute atomic E-state index is 0.0118. The number of halogens is 1. The first-order valence-electron chi connectivity index (χ1n) is 9.69. The lowest BCUT2D eigenvalue weighted by molar-refractivity contribution is -0.151. The van der Waals surface area contributed by atoms with Gasteiger partial charge in [-0.15, -0.1) is 0 Å². The number of hydrogen-bond donors (Lipinski definition) is 3. The third-order valence-electron chi connectivity index (χ3n) is 5.30. The second kappa shape index (κ2) is 8.41. The number of carbonyl (C=O) groups is 2. The Morgan fingerprint density at radius 1 is 1.27 bits per heavy atom. The number of aromatic nitrogens is 1. The van der Waals surface area contributed by atoms with Gasteiger partial charge in [0.15, 0.2) is 5.71 Å². The zero-order chi connectivity index (χ0) is 21.3. The van der Waals surface area contributed by atoms with Crippen molar-refractivity contribution in [3.05, 3.63) is 46.1 Å². The van der Waals surface area contributed by atoms with Gasteiger partial charge in [-0.1, -0.05) is 16.8 Å². The number of rotatable bonds is 6. The lowest BCUT2D eigenvalue weighted by atomic mass is 9.84. The van der Waals surface area contributed by atoms with Crippen LogP contribution in [0.25, 0.3) is 11.3 Å². The van der Waals surface area contributed by atoms with Crippen LogP contribution in [0.3, 0.4) is 0 Å². The Balaban J connectivity index is 1.80. The number of oxime groups is 1. The minimum Gasteiger partial charge on any atom is -0.478 e. The molecule has 1 aromatic heterocycles. The highest BCUT2D eigenvalue weighted by molar-refractivity contribution is 6.54. The zero-order valence-corrected chi connectivity index (χ0v) is 16.8. The molecule has 2 heterocycles. The standard InChI is InChI=1S/C21H20ClN3O5/c22-11-5-6-16(23-10-11)14-9-15-18(13-4-2-1-3-12(13)14)24-20(27)19(15)25-30-17(7-8-26)21(28)29/h5-6,9-10,17,26H,1-4,7-8H2,(H,28,29)(H,24,25,27).